The predicted molar refractivity (Wildman–Crippen MR) is 74.0 cm³/mol. The van der Waals surface area contributed by atoms with Crippen molar-refractivity contribution >= 4 is 12.0 Å². The van der Waals surface area contributed by atoms with E-state index in [9.17, 15) is 14.7 Å². The zero-order valence-corrected chi connectivity index (χ0v) is 12.3. The molecule has 2 unspecified atom stereocenters. The Bertz CT molecular complexity index is 340. The first-order valence-electron chi connectivity index (χ1n) is 7.07. The van der Waals surface area contributed by atoms with Gasteiger partial charge in [-0.1, -0.05) is 13.8 Å². The van der Waals surface area contributed by atoms with Crippen LogP contribution in [-0.4, -0.2) is 28.7 Å². The molecular weight excluding hydrogens is 244 g/mol. The largest absolute Gasteiger partial charge is 0.480 e. The molecule has 110 valence electrons. The van der Waals surface area contributed by atoms with Gasteiger partial charge in [-0.15, -0.1) is 0 Å². The van der Waals surface area contributed by atoms with E-state index in [1.165, 1.54) is 0 Å². The molecule has 0 aromatic heterocycles. The normalized spacial score (nSPS) is 19.6. The zero-order chi connectivity index (χ0) is 14.6. The zero-order valence-electron chi connectivity index (χ0n) is 12.3. The topological polar surface area (TPSA) is 78.4 Å². The average Bonchev–Trinajstić information content (AvgIpc) is 3.09. The number of carboxylic acid groups (broad SMARTS) is 1. The molecule has 1 aliphatic rings. The van der Waals surface area contributed by atoms with Gasteiger partial charge in [0.1, 0.15) is 5.54 Å². The first-order valence-corrected chi connectivity index (χ1v) is 7.07. The van der Waals surface area contributed by atoms with E-state index >= 15 is 0 Å². The molecule has 5 heteroatoms. The van der Waals surface area contributed by atoms with Crippen molar-refractivity contribution in [3.8, 4) is 0 Å². The van der Waals surface area contributed by atoms with E-state index in [-0.39, 0.29) is 18.0 Å². The molecule has 2 amide bonds. The molecular formula is C14H26N2O3. The maximum absolute atomic E-state index is 11.9. The summed E-state index contributed by atoms with van der Waals surface area (Å²) in [5, 5.41) is 14.7. The molecule has 0 aliphatic heterocycles. The third-order valence-electron chi connectivity index (χ3n) is 3.77. The number of hydrogen-bond acceptors (Lipinski definition) is 2. The van der Waals surface area contributed by atoms with Crippen LogP contribution in [0.2, 0.25) is 0 Å². The Morgan fingerprint density at radius 2 is 1.84 bits per heavy atom. The Morgan fingerprint density at radius 3 is 2.26 bits per heavy atom. The summed E-state index contributed by atoms with van der Waals surface area (Å²) < 4.78 is 0. The summed E-state index contributed by atoms with van der Waals surface area (Å²) in [6.07, 6.45) is 3.68. The fourth-order valence-corrected chi connectivity index (χ4v) is 2.14. The number of rotatable bonds is 7. The van der Waals surface area contributed by atoms with Crippen molar-refractivity contribution in [1.29, 1.82) is 0 Å². The fourth-order valence-electron chi connectivity index (χ4n) is 2.14. The van der Waals surface area contributed by atoms with Gasteiger partial charge in [-0.05, 0) is 51.4 Å². The minimum atomic E-state index is -1.14. The van der Waals surface area contributed by atoms with E-state index in [1.807, 2.05) is 6.92 Å². The molecule has 0 heterocycles. The van der Waals surface area contributed by atoms with Gasteiger partial charge < -0.3 is 15.7 Å². The van der Waals surface area contributed by atoms with Crippen molar-refractivity contribution in [2.75, 3.05) is 0 Å². The minimum Gasteiger partial charge on any atom is -0.480 e. The van der Waals surface area contributed by atoms with E-state index in [0.29, 0.717) is 5.92 Å². The molecule has 1 rings (SSSR count). The summed E-state index contributed by atoms with van der Waals surface area (Å²) >= 11 is 0. The molecule has 19 heavy (non-hydrogen) atoms. The number of hydrogen-bond donors (Lipinski definition) is 3. The van der Waals surface area contributed by atoms with Crippen molar-refractivity contribution in [1.82, 2.24) is 10.6 Å². The minimum absolute atomic E-state index is 0.0552. The van der Waals surface area contributed by atoms with Gasteiger partial charge in [0.2, 0.25) is 0 Å². The highest BCUT2D eigenvalue weighted by molar-refractivity contribution is 5.86. The van der Waals surface area contributed by atoms with Gasteiger partial charge in [0.05, 0.1) is 0 Å². The van der Waals surface area contributed by atoms with Gasteiger partial charge in [-0.2, -0.15) is 0 Å². The van der Waals surface area contributed by atoms with Gasteiger partial charge in [0, 0.05) is 6.04 Å². The fraction of sp³-hybridized carbons (Fsp3) is 0.857. The highest BCUT2D eigenvalue weighted by atomic mass is 16.4. The molecule has 0 aromatic carbocycles. The number of carbonyl (C=O) groups is 2. The smallest absolute Gasteiger partial charge is 0.329 e. The lowest BCUT2D eigenvalue weighted by molar-refractivity contribution is -0.144. The van der Waals surface area contributed by atoms with Crippen LogP contribution in [0.3, 0.4) is 0 Å². The Balaban J connectivity index is 2.43. The third-order valence-corrected chi connectivity index (χ3v) is 3.77. The number of aliphatic carboxylic acids is 1. The van der Waals surface area contributed by atoms with Crippen LogP contribution in [-0.2, 0) is 4.79 Å². The van der Waals surface area contributed by atoms with Crippen LogP contribution >= 0.6 is 0 Å². The number of nitrogens with one attached hydrogen (secondary N) is 2. The molecule has 0 bridgehead atoms. The van der Waals surface area contributed by atoms with E-state index in [4.69, 9.17) is 0 Å². The molecule has 1 fully saturated rings. The quantitative estimate of drug-likeness (QED) is 0.664. The van der Waals surface area contributed by atoms with Crippen LogP contribution in [0, 0.1) is 11.8 Å². The Hall–Kier alpha value is -1.26. The van der Waals surface area contributed by atoms with Crippen LogP contribution in [0.5, 0.6) is 0 Å². The Morgan fingerprint density at radius 1 is 1.26 bits per heavy atom. The summed E-state index contributed by atoms with van der Waals surface area (Å²) in [6, 6.07) is -0.326. The predicted octanol–water partition coefficient (Wildman–Crippen LogP) is 2.36. The summed E-state index contributed by atoms with van der Waals surface area (Å²) in [5.74, 6) is -0.301. The number of carbonyl (C=O) groups excluding carboxylic acids is 1. The Labute approximate surface area is 115 Å². The average molecular weight is 270 g/mol. The molecule has 1 saturated carbocycles. The van der Waals surface area contributed by atoms with Gasteiger partial charge in [-0.3, -0.25) is 0 Å². The monoisotopic (exact) mass is 270 g/mol. The molecule has 0 spiro atoms. The van der Waals surface area contributed by atoms with Gasteiger partial charge >= 0.3 is 12.0 Å². The molecule has 0 aromatic rings. The van der Waals surface area contributed by atoms with E-state index in [0.717, 1.165) is 25.7 Å². The second-order valence-corrected chi connectivity index (χ2v) is 6.25. The highest BCUT2D eigenvalue weighted by Crippen LogP contribution is 2.39. The summed E-state index contributed by atoms with van der Waals surface area (Å²) in [6.45, 7) is 7.81. The lowest BCUT2D eigenvalue weighted by Gasteiger charge is -2.27. The van der Waals surface area contributed by atoms with Crippen molar-refractivity contribution in [2.24, 2.45) is 11.8 Å². The Kier molecular flexibility index (Phi) is 5.20. The van der Waals surface area contributed by atoms with Crippen molar-refractivity contribution < 1.29 is 14.7 Å². The highest BCUT2D eigenvalue weighted by Gasteiger charge is 2.48. The van der Waals surface area contributed by atoms with Crippen molar-refractivity contribution in [3.05, 3.63) is 0 Å². The molecule has 0 saturated heterocycles. The van der Waals surface area contributed by atoms with Crippen molar-refractivity contribution in [2.45, 2.75) is 65.0 Å². The van der Waals surface area contributed by atoms with E-state index in [2.05, 4.69) is 24.5 Å². The van der Waals surface area contributed by atoms with E-state index in [1.54, 1.807) is 6.92 Å². The number of carboxylic acids is 1. The summed E-state index contributed by atoms with van der Waals surface area (Å²) in [5.41, 5.74) is -1.14. The van der Waals surface area contributed by atoms with Crippen LogP contribution in [0.4, 0.5) is 4.79 Å². The first kappa shape index (κ1) is 15.8. The summed E-state index contributed by atoms with van der Waals surface area (Å²) in [4.78, 5) is 23.2. The number of urea groups is 1. The SMILES string of the molecule is CC(C)CCC(C)NC(=O)NC(C)(C(=O)O)C1CC1. The molecule has 1 aliphatic carbocycles. The molecule has 5 nitrogen and oxygen atoms in total. The second-order valence-electron chi connectivity index (χ2n) is 6.25. The molecule has 3 N–H and O–H groups in total. The van der Waals surface area contributed by atoms with E-state index < -0.39 is 11.5 Å². The second kappa shape index (κ2) is 6.26. The van der Waals surface area contributed by atoms with Crippen LogP contribution in [0.15, 0.2) is 0 Å². The van der Waals surface area contributed by atoms with Gasteiger partial charge in [0.25, 0.3) is 0 Å². The van der Waals surface area contributed by atoms with Crippen molar-refractivity contribution in [3.63, 3.8) is 0 Å². The number of amides is 2. The third kappa shape index (κ3) is 4.73. The molecule has 2 atom stereocenters. The lowest BCUT2D eigenvalue weighted by atomic mass is 9.96. The van der Waals surface area contributed by atoms with Crippen LogP contribution < -0.4 is 10.6 Å². The standard InChI is InChI=1S/C14H26N2O3/c1-9(2)5-6-10(3)15-13(19)16-14(4,12(17)18)11-7-8-11/h9-11H,5-8H2,1-4H3,(H,17,18)(H2,15,16,19). The molecule has 0 radical (unpaired) electrons. The summed E-state index contributed by atoms with van der Waals surface area (Å²) in [7, 11) is 0. The van der Waals surface area contributed by atoms with Gasteiger partial charge in [-0.25, -0.2) is 9.59 Å². The first-order chi connectivity index (χ1) is 8.75. The lowest BCUT2D eigenvalue weighted by Crippen LogP contribution is -2.57. The van der Waals surface area contributed by atoms with Crippen LogP contribution in [0.25, 0.3) is 0 Å². The maximum atomic E-state index is 11.9. The van der Waals surface area contributed by atoms with Crippen LogP contribution in [0.1, 0.15) is 53.4 Å². The van der Waals surface area contributed by atoms with Gasteiger partial charge in [0.15, 0.2) is 0 Å². The maximum Gasteiger partial charge on any atom is 0.329 e.